The van der Waals surface area contributed by atoms with Crippen molar-refractivity contribution in [1.29, 1.82) is 0 Å². The van der Waals surface area contributed by atoms with Gasteiger partial charge in [0.25, 0.3) is 5.91 Å². The van der Waals surface area contributed by atoms with Gasteiger partial charge in [-0.25, -0.2) is 4.98 Å². The Labute approximate surface area is 220 Å². The minimum absolute atomic E-state index is 0.0259. The molecule has 0 aliphatic carbocycles. The van der Waals surface area contributed by atoms with Crippen molar-refractivity contribution >= 4 is 44.2 Å². The third-order valence-electron chi connectivity index (χ3n) is 6.48. The van der Waals surface area contributed by atoms with Crippen molar-refractivity contribution in [3.8, 4) is 5.75 Å². The molecule has 0 atom stereocenters. The number of hydrogen-bond donors (Lipinski definition) is 1. The number of benzene rings is 3. The second-order valence-electron chi connectivity index (χ2n) is 8.87. The molecular formula is C28H29ClN4O2S. The van der Waals surface area contributed by atoms with E-state index in [4.69, 9.17) is 21.3 Å². The van der Waals surface area contributed by atoms with Crippen molar-refractivity contribution in [2.24, 2.45) is 0 Å². The number of thiazole rings is 1. The largest absolute Gasteiger partial charge is 0.493 e. The number of nitrogens with zero attached hydrogens (tertiary/aromatic N) is 3. The van der Waals surface area contributed by atoms with Crippen LogP contribution in [0.4, 0.5) is 5.13 Å². The number of nitrogens with one attached hydrogen (secondary N) is 1. The summed E-state index contributed by atoms with van der Waals surface area (Å²) in [7, 11) is 1.62. The fourth-order valence-electron chi connectivity index (χ4n) is 4.46. The van der Waals surface area contributed by atoms with E-state index in [1.54, 1.807) is 18.4 Å². The number of hydrogen-bond acceptors (Lipinski definition) is 6. The Bertz CT molecular complexity index is 1320. The molecule has 0 saturated carbocycles. The number of anilines is 1. The Morgan fingerprint density at radius 1 is 1.00 bits per heavy atom. The lowest BCUT2D eigenvalue weighted by Gasteiger charge is -2.34. The molecule has 1 saturated heterocycles. The van der Waals surface area contributed by atoms with Gasteiger partial charge >= 0.3 is 0 Å². The molecule has 1 fully saturated rings. The predicted molar refractivity (Wildman–Crippen MR) is 148 cm³/mol. The molecule has 0 unspecified atom stereocenters. The number of methoxy groups -OCH3 is 1. The van der Waals surface area contributed by atoms with Gasteiger partial charge < -0.3 is 15.0 Å². The van der Waals surface area contributed by atoms with Crippen LogP contribution in [-0.2, 0) is 6.42 Å². The molecule has 0 spiro atoms. The summed E-state index contributed by atoms with van der Waals surface area (Å²) in [6.45, 7) is 5.10. The first-order valence-electron chi connectivity index (χ1n) is 12.1. The third-order valence-corrected chi connectivity index (χ3v) is 7.86. The van der Waals surface area contributed by atoms with Crippen LogP contribution in [0.1, 0.15) is 21.5 Å². The van der Waals surface area contributed by atoms with Crippen LogP contribution < -0.4 is 15.0 Å². The molecule has 1 amide bonds. The van der Waals surface area contributed by atoms with Crippen LogP contribution in [0, 0.1) is 0 Å². The summed E-state index contributed by atoms with van der Waals surface area (Å²) in [6, 6.07) is 22.1. The monoisotopic (exact) mass is 520 g/mol. The van der Waals surface area contributed by atoms with Gasteiger partial charge in [0.1, 0.15) is 5.52 Å². The molecule has 4 aromatic rings. The zero-order chi connectivity index (χ0) is 24.9. The summed E-state index contributed by atoms with van der Waals surface area (Å²) in [4.78, 5) is 22.1. The van der Waals surface area contributed by atoms with E-state index in [0.29, 0.717) is 22.9 Å². The number of piperazine rings is 1. The number of amides is 1. The van der Waals surface area contributed by atoms with E-state index in [1.165, 1.54) is 11.1 Å². The Hall–Kier alpha value is -3.13. The van der Waals surface area contributed by atoms with Crippen molar-refractivity contribution in [3.05, 3.63) is 88.4 Å². The molecule has 3 aromatic carbocycles. The van der Waals surface area contributed by atoms with Crippen LogP contribution in [0.25, 0.3) is 10.2 Å². The summed E-state index contributed by atoms with van der Waals surface area (Å²) >= 11 is 7.92. The fraction of sp³-hybridized carbons (Fsp3) is 0.286. The number of rotatable bonds is 8. The van der Waals surface area contributed by atoms with E-state index in [-0.39, 0.29) is 5.91 Å². The van der Waals surface area contributed by atoms with E-state index >= 15 is 0 Å². The Morgan fingerprint density at radius 3 is 2.44 bits per heavy atom. The summed E-state index contributed by atoms with van der Waals surface area (Å²) in [5.41, 5.74) is 3.98. The van der Waals surface area contributed by atoms with E-state index in [2.05, 4.69) is 27.2 Å². The highest BCUT2D eigenvalue weighted by atomic mass is 35.5. The van der Waals surface area contributed by atoms with Crippen molar-refractivity contribution in [1.82, 2.24) is 15.2 Å². The molecule has 6 nitrogen and oxygen atoms in total. The number of carbonyl (C=O) groups is 1. The lowest BCUT2D eigenvalue weighted by molar-refractivity contribution is 0.0948. The minimum atomic E-state index is -0.0259. The first kappa shape index (κ1) is 24.6. The predicted octanol–water partition coefficient (Wildman–Crippen LogP) is 5.10. The Kier molecular flexibility index (Phi) is 7.70. The lowest BCUT2D eigenvalue weighted by atomic mass is 10.0. The summed E-state index contributed by atoms with van der Waals surface area (Å²) in [5, 5.41) is 4.64. The molecule has 2 heterocycles. The molecule has 0 bridgehead atoms. The smallest absolute Gasteiger partial charge is 0.251 e. The fourth-order valence-corrected chi connectivity index (χ4v) is 5.71. The SMILES string of the molecule is COc1c(Cl)ccc2sc(N3CCN(CCNC(=O)c4ccc(Cc5ccccc5)cc4)CC3)nc12. The summed E-state index contributed by atoms with van der Waals surface area (Å²) in [5.74, 6) is 0.610. The first-order chi connectivity index (χ1) is 17.6. The number of ether oxygens (including phenoxy) is 1. The normalized spacial score (nSPS) is 14.2. The van der Waals surface area contributed by atoms with E-state index in [1.807, 2.05) is 54.6 Å². The molecule has 1 aliphatic rings. The van der Waals surface area contributed by atoms with Gasteiger partial charge in [0, 0.05) is 44.8 Å². The second-order valence-corrected chi connectivity index (χ2v) is 10.3. The van der Waals surface area contributed by atoms with Crippen molar-refractivity contribution in [3.63, 3.8) is 0 Å². The summed E-state index contributed by atoms with van der Waals surface area (Å²) < 4.78 is 6.53. The highest BCUT2D eigenvalue weighted by Crippen LogP contribution is 2.38. The van der Waals surface area contributed by atoms with E-state index < -0.39 is 0 Å². The standard InChI is InChI=1S/C28H29ClN4O2S/c1-35-26-23(29)11-12-24-25(26)31-28(36-24)33-17-15-32(16-18-33)14-13-30-27(34)22-9-7-21(8-10-22)19-20-5-3-2-4-6-20/h2-12H,13-19H2,1H3,(H,30,34). The average Bonchev–Trinajstić information content (AvgIpc) is 3.34. The number of halogens is 1. The summed E-state index contributed by atoms with van der Waals surface area (Å²) in [6.07, 6.45) is 0.868. The molecule has 8 heteroatoms. The van der Waals surface area contributed by atoms with Gasteiger partial charge in [-0.15, -0.1) is 0 Å². The first-order valence-corrected chi connectivity index (χ1v) is 13.3. The van der Waals surface area contributed by atoms with Crippen molar-refractivity contribution < 1.29 is 9.53 Å². The Morgan fingerprint density at radius 2 is 1.72 bits per heavy atom. The van der Waals surface area contributed by atoms with Crippen LogP contribution in [0.5, 0.6) is 5.75 Å². The lowest BCUT2D eigenvalue weighted by Crippen LogP contribution is -2.48. The highest BCUT2D eigenvalue weighted by Gasteiger charge is 2.21. The van der Waals surface area contributed by atoms with Crippen LogP contribution >= 0.6 is 22.9 Å². The van der Waals surface area contributed by atoms with Gasteiger partial charge in [0.15, 0.2) is 10.9 Å². The molecule has 1 N–H and O–H groups in total. The van der Waals surface area contributed by atoms with Crippen molar-refractivity contribution in [2.45, 2.75) is 6.42 Å². The van der Waals surface area contributed by atoms with Gasteiger partial charge in [-0.3, -0.25) is 9.69 Å². The van der Waals surface area contributed by atoms with Gasteiger partial charge in [-0.05, 0) is 41.8 Å². The van der Waals surface area contributed by atoms with Gasteiger partial charge in [-0.1, -0.05) is 65.4 Å². The van der Waals surface area contributed by atoms with E-state index in [0.717, 1.165) is 54.5 Å². The van der Waals surface area contributed by atoms with Gasteiger partial charge in [-0.2, -0.15) is 0 Å². The van der Waals surface area contributed by atoms with Gasteiger partial charge in [0.05, 0.1) is 16.8 Å². The average molecular weight is 521 g/mol. The topological polar surface area (TPSA) is 57.7 Å². The Balaban J connectivity index is 1.08. The zero-order valence-electron chi connectivity index (χ0n) is 20.2. The molecule has 186 valence electrons. The quantitative estimate of drug-likeness (QED) is 0.350. The van der Waals surface area contributed by atoms with Crippen LogP contribution in [0.3, 0.4) is 0 Å². The van der Waals surface area contributed by atoms with Gasteiger partial charge in [0.2, 0.25) is 0 Å². The number of aromatic nitrogens is 1. The molecule has 0 radical (unpaired) electrons. The van der Waals surface area contributed by atoms with Crippen LogP contribution in [0.2, 0.25) is 5.02 Å². The number of carbonyl (C=O) groups excluding carboxylic acids is 1. The molecule has 36 heavy (non-hydrogen) atoms. The number of fused-ring (bicyclic) bond motifs is 1. The maximum Gasteiger partial charge on any atom is 0.251 e. The highest BCUT2D eigenvalue weighted by molar-refractivity contribution is 7.22. The molecule has 1 aliphatic heterocycles. The second kappa shape index (κ2) is 11.3. The minimum Gasteiger partial charge on any atom is -0.493 e. The molecule has 5 rings (SSSR count). The zero-order valence-corrected chi connectivity index (χ0v) is 21.8. The molecule has 1 aromatic heterocycles. The molecular weight excluding hydrogens is 492 g/mol. The maximum atomic E-state index is 12.6. The maximum absolute atomic E-state index is 12.6. The van der Waals surface area contributed by atoms with E-state index in [9.17, 15) is 4.79 Å². The third kappa shape index (κ3) is 5.64. The van der Waals surface area contributed by atoms with Crippen LogP contribution in [0.15, 0.2) is 66.7 Å². The van der Waals surface area contributed by atoms with Crippen molar-refractivity contribution in [2.75, 3.05) is 51.3 Å². The van der Waals surface area contributed by atoms with Crippen LogP contribution in [-0.4, -0.2) is 62.2 Å².